The number of carboxylic acids is 1. The van der Waals surface area contributed by atoms with E-state index in [2.05, 4.69) is 4.90 Å². The molecule has 1 aromatic carbocycles. The van der Waals surface area contributed by atoms with Crippen molar-refractivity contribution in [3.8, 4) is 0 Å². The molecular formula is C15H19NO5. The van der Waals surface area contributed by atoms with Gasteiger partial charge < -0.3 is 19.5 Å². The summed E-state index contributed by atoms with van der Waals surface area (Å²) in [6.45, 7) is 1.57. The molecule has 1 aliphatic rings. The van der Waals surface area contributed by atoms with Gasteiger partial charge in [0.1, 0.15) is 0 Å². The number of nitrogens with zero attached hydrogens (tertiary/aromatic N) is 1. The van der Waals surface area contributed by atoms with Crippen LogP contribution in [0.3, 0.4) is 0 Å². The van der Waals surface area contributed by atoms with Crippen LogP contribution in [0.5, 0.6) is 0 Å². The Balaban J connectivity index is 2.17. The molecule has 1 unspecified atom stereocenters. The molecule has 0 aliphatic carbocycles. The number of carboxylic acid groups (broad SMARTS) is 1. The first-order valence-corrected chi connectivity index (χ1v) is 6.73. The van der Waals surface area contributed by atoms with E-state index in [0.29, 0.717) is 6.29 Å². The topological polar surface area (TPSA) is 76.1 Å². The summed E-state index contributed by atoms with van der Waals surface area (Å²) in [6.07, 6.45) is 1.25. The van der Waals surface area contributed by atoms with Gasteiger partial charge in [0, 0.05) is 44.5 Å². The van der Waals surface area contributed by atoms with E-state index >= 15 is 0 Å². The predicted octanol–water partition coefficient (Wildman–Crippen LogP) is 1.64. The van der Waals surface area contributed by atoms with E-state index in [1.165, 1.54) is 6.07 Å². The molecule has 114 valence electrons. The van der Waals surface area contributed by atoms with Crippen molar-refractivity contribution in [1.29, 1.82) is 0 Å². The van der Waals surface area contributed by atoms with Crippen molar-refractivity contribution < 1.29 is 24.2 Å². The lowest BCUT2D eigenvalue weighted by atomic mass is 10.1. The van der Waals surface area contributed by atoms with Crippen LogP contribution in [-0.4, -0.2) is 51.0 Å². The first kappa shape index (κ1) is 15.5. The van der Waals surface area contributed by atoms with Gasteiger partial charge in [0.05, 0.1) is 5.56 Å². The zero-order chi connectivity index (χ0) is 15.4. The van der Waals surface area contributed by atoms with Crippen LogP contribution in [0, 0.1) is 5.92 Å². The highest BCUT2D eigenvalue weighted by Gasteiger charge is 2.30. The fraction of sp³-hybridized carbons (Fsp3) is 0.467. The maximum atomic E-state index is 11.0. The maximum Gasteiger partial charge on any atom is 0.336 e. The third-order valence-electron chi connectivity index (χ3n) is 3.83. The zero-order valence-corrected chi connectivity index (χ0v) is 12.1. The molecule has 1 aromatic rings. The minimum atomic E-state index is -1.10. The second-order valence-corrected chi connectivity index (χ2v) is 5.03. The van der Waals surface area contributed by atoms with Crippen LogP contribution in [0.25, 0.3) is 0 Å². The van der Waals surface area contributed by atoms with Crippen molar-refractivity contribution in [1.82, 2.24) is 0 Å². The summed E-state index contributed by atoms with van der Waals surface area (Å²) in [4.78, 5) is 24.2. The molecule has 2 rings (SSSR count). The molecule has 21 heavy (non-hydrogen) atoms. The molecule has 1 aliphatic heterocycles. The van der Waals surface area contributed by atoms with Crippen LogP contribution >= 0.6 is 0 Å². The standard InChI is InChI=1S/C15H19NO5/c1-20-15(21-2)10-5-6-16(8-10)12-3-4-13(14(18)19)11(7-12)9-17/h3-4,7,9-10,15H,5-6,8H2,1-2H3,(H,18,19). The lowest BCUT2D eigenvalue weighted by molar-refractivity contribution is -0.132. The van der Waals surface area contributed by atoms with Gasteiger partial charge >= 0.3 is 5.97 Å². The van der Waals surface area contributed by atoms with E-state index < -0.39 is 5.97 Å². The average Bonchev–Trinajstić information content (AvgIpc) is 2.97. The van der Waals surface area contributed by atoms with Gasteiger partial charge in [0.2, 0.25) is 0 Å². The van der Waals surface area contributed by atoms with E-state index in [1.807, 2.05) is 0 Å². The van der Waals surface area contributed by atoms with Crippen molar-refractivity contribution in [3.05, 3.63) is 29.3 Å². The number of ether oxygens (including phenoxy) is 2. The lowest BCUT2D eigenvalue weighted by Crippen LogP contribution is -2.28. The van der Waals surface area contributed by atoms with E-state index in [9.17, 15) is 9.59 Å². The Morgan fingerprint density at radius 1 is 1.43 bits per heavy atom. The largest absolute Gasteiger partial charge is 0.478 e. The van der Waals surface area contributed by atoms with Gasteiger partial charge in [-0.3, -0.25) is 4.79 Å². The Bertz CT molecular complexity index is 527. The Morgan fingerprint density at radius 2 is 2.14 bits per heavy atom. The van der Waals surface area contributed by atoms with Gasteiger partial charge in [-0.05, 0) is 24.6 Å². The van der Waals surface area contributed by atoms with Crippen LogP contribution in [0.2, 0.25) is 0 Å². The summed E-state index contributed by atoms with van der Waals surface area (Å²) in [5.41, 5.74) is 1.06. The third kappa shape index (κ3) is 3.22. The number of hydrogen-bond acceptors (Lipinski definition) is 5. The van der Waals surface area contributed by atoms with Crippen LogP contribution in [-0.2, 0) is 9.47 Å². The van der Waals surface area contributed by atoms with Gasteiger partial charge in [-0.15, -0.1) is 0 Å². The van der Waals surface area contributed by atoms with E-state index in [1.54, 1.807) is 26.4 Å². The SMILES string of the molecule is COC(OC)C1CCN(c2ccc(C(=O)O)c(C=O)c2)C1. The normalized spacial score (nSPS) is 18.2. The molecule has 0 bridgehead atoms. The highest BCUT2D eigenvalue weighted by atomic mass is 16.7. The van der Waals surface area contributed by atoms with Crippen molar-refractivity contribution in [2.75, 3.05) is 32.2 Å². The second kappa shape index (κ2) is 6.69. The Labute approximate surface area is 123 Å². The molecule has 6 nitrogen and oxygen atoms in total. The number of rotatable bonds is 6. The fourth-order valence-corrected chi connectivity index (χ4v) is 2.76. The molecule has 0 radical (unpaired) electrons. The molecule has 0 amide bonds. The van der Waals surface area contributed by atoms with Gasteiger partial charge in [0.15, 0.2) is 12.6 Å². The Morgan fingerprint density at radius 3 is 2.71 bits per heavy atom. The molecule has 0 spiro atoms. The Hall–Kier alpha value is -1.92. The number of carbonyl (C=O) groups excluding carboxylic acids is 1. The number of aldehydes is 1. The molecule has 1 saturated heterocycles. The Kier molecular flexibility index (Phi) is 4.93. The number of aromatic carboxylic acids is 1. The van der Waals surface area contributed by atoms with Crippen molar-refractivity contribution in [3.63, 3.8) is 0 Å². The van der Waals surface area contributed by atoms with Crippen LogP contribution < -0.4 is 4.90 Å². The smallest absolute Gasteiger partial charge is 0.336 e. The third-order valence-corrected chi connectivity index (χ3v) is 3.83. The minimum absolute atomic E-state index is 0.0242. The van der Waals surface area contributed by atoms with Crippen LogP contribution in [0.1, 0.15) is 27.1 Å². The summed E-state index contributed by atoms with van der Waals surface area (Å²) in [6, 6.07) is 4.82. The number of methoxy groups -OCH3 is 2. The van der Waals surface area contributed by atoms with Crippen molar-refractivity contribution in [2.24, 2.45) is 5.92 Å². The zero-order valence-electron chi connectivity index (χ0n) is 12.1. The van der Waals surface area contributed by atoms with Gasteiger partial charge in [-0.2, -0.15) is 0 Å². The number of anilines is 1. The maximum absolute atomic E-state index is 11.0. The van der Waals surface area contributed by atoms with E-state index in [4.69, 9.17) is 14.6 Å². The van der Waals surface area contributed by atoms with Crippen molar-refractivity contribution >= 4 is 17.9 Å². The highest BCUT2D eigenvalue weighted by molar-refractivity contribution is 5.98. The summed E-state index contributed by atoms with van der Waals surface area (Å²) in [5.74, 6) is -0.847. The molecular weight excluding hydrogens is 274 g/mol. The molecule has 0 aromatic heterocycles. The monoisotopic (exact) mass is 293 g/mol. The molecule has 1 atom stereocenters. The van der Waals surface area contributed by atoms with Gasteiger partial charge in [0.25, 0.3) is 0 Å². The quantitative estimate of drug-likeness (QED) is 0.635. The van der Waals surface area contributed by atoms with E-state index in [0.717, 1.165) is 25.2 Å². The second-order valence-electron chi connectivity index (χ2n) is 5.03. The number of benzene rings is 1. The average molecular weight is 293 g/mol. The summed E-state index contributed by atoms with van der Waals surface area (Å²) in [7, 11) is 3.23. The predicted molar refractivity (Wildman–Crippen MR) is 76.9 cm³/mol. The van der Waals surface area contributed by atoms with E-state index in [-0.39, 0.29) is 23.3 Å². The first-order chi connectivity index (χ1) is 10.1. The summed E-state index contributed by atoms with van der Waals surface area (Å²) < 4.78 is 10.6. The van der Waals surface area contributed by atoms with Crippen LogP contribution in [0.15, 0.2) is 18.2 Å². The lowest BCUT2D eigenvalue weighted by Gasteiger charge is -2.22. The van der Waals surface area contributed by atoms with Gasteiger partial charge in [-0.25, -0.2) is 4.79 Å². The first-order valence-electron chi connectivity index (χ1n) is 6.73. The highest BCUT2D eigenvalue weighted by Crippen LogP contribution is 2.28. The molecule has 1 fully saturated rings. The minimum Gasteiger partial charge on any atom is -0.478 e. The molecule has 1 N–H and O–H groups in total. The fourth-order valence-electron chi connectivity index (χ4n) is 2.76. The van der Waals surface area contributed by atoms with Crippen molar-refractivity contribution in [2.45, 2.75) is 12.7 Å². The van der Waals surface area contributed by atoms with Gasteiger partial charge in [-0.1, -0.05) is 0 Å². The van der Waals surface area contributed by atoms with Crippen LogP contribution in [0.4, 0.5) is 5.69 Å². The molecule has 1 heterocycles. The molecule has 6 heteroatoms. The molecule has 0 saturated carbocycles. The number of hydrogen-bond donors (Lipinski definition) is 1. The summed E-state index contributed by atoms with van der Waals surface area (Å²) in [5, 5.41) is 9.03. The number of carbonyl (C=O) groups is 2. The summed E-state index contributed by atoms with van der Waals surface area (Å²) >= 11 is 0.